The minimum atomic E-state index is -0.206. The summed E-state index contributed by atoms with van der Waals surface area (Å²) in [6, 6.07) is 7.66. The van der Waals surface area contributed by atoms with Gasteiger partial charge in [-0.15, -0.1) is 0 Å². The lowest BCUT2D eigenvalue weighted by molar-refractivity contribution is 0.254. The van der Waals surface area contributed by atoms with Crippen LogP contribution in [0.4, 0.5) is 10.5 Å². The van der Waals surface area contributed by atoms with Crippen molar-refractivity contribution in [1.29, 1.82) is 0 Å². The largest absolute Gasteiger partial charge is 0.357 e. The van der Waals surface area contributed by atoms with E-state index in [1.165, 1.54) is 0 Å². The molecule has 1 heterocycles. The first-order chi connectivity index (χ1) is 7.22. The monoisotopic (exact) mass is 203 g/mol. The van der Waals surface area contributed by atoms with E-state index in [2.05, 4.69) is 15.6 Å². The Morgan fingerprint density at radius 2 is 2.07 bits per heavy atom. The van der Waals surface area contributed by atoms with Gasteiger partial charge in [-0.05, 0) is 13.0 Å². The quantitative estimate of drug-likeness (QED) is 0.654. The smallest absolute Gasteiger partial charge is 0.319 e. The first-order valence-corrected chi connectivity index (χ1v) is 4.78. The van der Waals surface area contributed by atoms with Gasteiger partial charge in [0.2, 0.25) is 0 Å². The predicted molar refractivity (Wildman–Crippen MR) is 61.1 cm³/mol. The van der Waals surface area contributed by atoms with Gasteiger partial charge in [-0.25, -0.2) is 4.79 Å². The summed E-state index contributed by atoms with van der Waals surface area (Å²) in [6.45, 7) is 1.94. The molecule has 2 amide bonds. The zero-order valence-corrected chi connectivity index (χ0v) is 8.72. The molecule has 0 saturated heterocycles. The number of carbonyl (C=O) groups excluding carboxylic acids is 1. The number of amides is 2. The highest BCUT2D eigenvalue weighted by Gasteiger charge is 2.09. The Hall–Kier alpha value is -1.97. The zero-order valence-electron chi connectivity index (χ0n) is 8.72. The maximum absolute atomic E-state index is 11.2. The van der Waals surface area contributed by atoms with Crippen molar-refractivity contribution >= 4 is 22.6 Å². The predicted octanol–water partition coefficient (Wildman–Crippen LogP) is 2.23. The highest BCUT2D eigenvalue weighted by Crippen LogP contribution is 2.26. The number of anilines is 1. The zero-order chi connectivity index (χ0) is 10.8. The fraction of sp³-hybridized carbons (Fsp3) is 0.182. The summed E-state index contributed by atoms with van der Waals surface area (Å²) < 4.78 is 0. The Labute approximate surface area is 87.7 Å². The van der Waals surface area contributed by atoms with E-state index in [9.17, 15) is 4.79 Å². The van der Waals surface area contributed by atoms with Crippen molar-refractivity contribution in [3.8, 4) is 0 Å². The van der Waals surface area contributed by atoms with Gasteiger partial charge in [-0.3, -0.25) is 0 Å². The van der Waals surface area contributed by atoms with Crippen LogP contribution in [0.25, 0.3) is 10.9 Å². The lowest BCUT2D eigenvalue weighted by atomic mass is 10.2. The molecule has 0 aliphatic carbocycles. The van der Waals surface area contributed by atoms with Crippen LogP contribution in [0.1, 0.15) is 5.69 Å². The average molecular weight is 203 g/mol. The van der Waals surface area contributed by atoms with Crippen molar-refractivity contribution in [2.75, 3.05) is 12.4 Å². The second kappa shape index (κ2) is 3.65. The molecule has 0 aliphatic heterocycles. The Balaban J connectivity index is 2.49. The van der Waals surface area contributed by atoms with Crippen LogP contribution in [0.15, 0.2) is 24.3 Å². The number of carbonyl (C=O) groups is 1. The molecule has 0 aliphatic rings. The number of urea groups is 1. The summed E-state index contributed by atoms with van der Waals surface area (Å²) in [4.78, 5) is 14.5. The summed E-state index contributed by atoms with van der Waals surface area (Å²) in [5, 5.41) is 6.36. The van der Waals surface area contributed by atoms with E-state index in [0.29, 0.717) is 0 Å². The van der Waals surface area contributed by atoms with Crippen molar-refractivity contribution < 1.29 is 4.79 Å². The normalized spacial score (nSPS) is 10.3. The SMILES string of the molecule is CNC(=O)Nc1c(C)[nH]c2ccccc12. The Bertz CT molecular complexity index is 502. The van der Waals surface area contributed by atoms with E-state index in [-0.39, 0.29) is 6.03 Å². The number of nitrogens with one attached hydrogen (secondary N) is 3. The first-order valence-electron chi connectivity index (χ1n) is 4.78. The molecule has 1 aromatic heterocycles. The van der Waals surface area contributed by atoms with Gasteiger partial charge in [0.25, 0.3) is 0 Å². The number of hydrogen-bond acceptors (Lipinski definition) is 1. The molecule has 0 atom stereocenters. The van der Waals surface area contributed by atoms with Crippen molar-refractivity contribution in [2.24, 2.45) is 0 Å². The number of aromatic nitrogens is 1. The van der Waals surface area contributed by atoms with Crippen LogP contribution < -0.4 is 10.6 Å². The van der Waals surface area contributed by atoms with Gasteiger partial charge in [0, 0.05) is 23.6 Å². The molecule has 3 N–H and O–H groups in total. The molecule has 2 aromatic rings. The topological polar surface area (TPSA) is 56.9 Å². The maximum atomic E-state index is 11.2. The van der Waals surface area contributed by atoms with Crippen molar-refractivity contribution in [3.05, 3.63) is 30.0 Å². The lowest BCUT2D eigenvalue weighted by Gasteiger charge is -2.03. The second-order valence-corrected chi connectivity index (χ2v) is 3.37. The highest BCUT2D eigenvalue weighted by atomic mass is 16.2. The minimum absolute atomic E-state index is 0.206. The molecule has 15 heavy (non-hydrogen) atoms. The maximum Gasteiger partial charge on any atom is 0.319 e. The molecule has 78 valence electrons. The third-order valence-electron chi connectivity index (χ3n) is 2.36. The number of H-pyrrole nitrogens is 1. The minimum Gasteiger partial charge on any atom is -0.357 e. The van der Waals surface area contributed by atoms with E-state index < -0.39 is 0 Å². The lowest BCUT2D eigenvalue weighted by Crippen LogP contribution is -2.24. The number of rotatable bonds is 1. The molecular weight excluding hydrogens is 190 g/mol. The van der Waals surface area contributed by atoms with Crippen LogP contribution in [0, 0.1) is 6.92 Å². The third kappa shape index (κ3) is 1.66. The van der Waals surface area contributed by atoms with Gasteiger partial charge in [0.05, 0.1) is 5.69 Å². The van der Waals surface area contributed by atoms with Crippen LogP contribution in [0.2, 0.25) is 0 Å². The molecule has 0 fully saturated rings. The van der Waals surface area contributed by atoms with E-state index in [1.54, 1.807) is 7.05 Å². The van der Waals surface area contributed by atoms with Crippen LogP contribution >= 0.6 is 0 Å². The highest BCUT2D eigenvalue weighted by molar-refractivity contribution is 6.02. The Kier molecular flexibility index (Phi) is 2.33. The fourth-order valence-electron chi connectivity index (χ4n) is 1.61. The van der Waals surface area contributed by atoms with Gasteiger partial charge in [0.15, 0.2) is 0 Å². The molecule has 0 bridgehead atoms. The number of para-hydroxylation sites is 1. The average Bonchev–Trinajstić information content (AvgIpc) is 2.55. The number of aromatic amines is 1. The van der Waals surface area contributed by atoms with Gasteiger partial charge in [-0.2, -0.15) is 0 Å². The van der Waals surface area contributed by atoms with Crippen molar-refractivity contribution in [1.82, 2.24) is 10.3 Å². The van der Waals surface area contributed by atoms with E-state index in [4.69, 9.17) is 0 Å². The molecule has 0 unspecified atom stereocenters. The summed E-state index contributed by atoms with van der Waals surface area (Å²) >= 11 is 0. The molecule has 0 spiro atoms. The summed E-state index contributed by atoms with van der Waals surface area (Å²) in [7, 11) is 1.60. The van der Waals surface area contributed by atoms with Crippen molar-refractivity contribution in [3.63, 3.8) is 0 Å². The molecule has 2 rings (SSSR count). The van der Waals surface area contributed by atoms with Gasteiger partial charge in [0.1, 0.15) is 0 Å². The molecular formula is C11H13N3O. The van der Waals surface area contributed by atoms with E-state index in [0.717, 1.165) is 22.3 Å². The number of hydrogen-bond donors (Lipinski definition) is 3. The molecule has 0 radical (unpaired) electrons. The Morgan fingerprint density at radius 1 is 1.33 bits per heavy atom. The summed E-state index contributed by atoms with van der Waals surface area (Å²) in [6.07, 6.45) is 0. The first kappa shape index (κ1) is 9.58. The van der Waals surface area contributed by atoms with Crippen LogP contribution in [-0.2, 0) is 0 Å². The van der Waals surface area contributed by atoms with Crippen LogP contribution in [-0.4, -0.2) is 18.1 Å². The number of fused-ring (bicyclic) bond motifs is 1. The van der Waals surface area contributed by atoms with E-state index in [1.807, 2.05) is 31.2 Å². The van der Waals surface area contributed by atoms with Gasteiger partial charge < -0.3 is 15.6 Å². The Morgan fingerprint density at radius 3 is 2.80 bits per heavy atom. The van der Waals surface area contributed by atoms with Gasteiger partial charge >= 0.3 is 6.03 Å². The number of aryl methyl sites for hydroxylation is 1. The fourth-order valence-corrected chi connectivity index (χ4v) is 1.61. The third-order valence-corrected chi connectivity index (χ3v) is 2.36. The number of benzene rings is 1. The van der Waals surface area contributed by atoms with E-state index >= 15 is 0 Å². The van der Waals surface area contributed by atoms with Crippen LogP contribution in [0.3, 0.4) is 0 Å². The summed E-state index contributed by atoms with van der Waals surface area (Å²) in [5.41, 5.74) is 2.83. The van der Waals surface area contributed by atoms with Crippen LogP contribution in [0.5, 0.6) is 0 Å². The second-order valence-electron chi connectivity index (χ2n) is 3.37. The molecule has 4 nitrogen and oxygen atoms in total. The molecule has 0 saturated carbocycles. The van der Waals surface area contributed by atoms with Crippen molar-refractivity contribution in [2.45, 2.75) is 6.92 Å². The summed E-state index contributed by atoms with van der Waals surface area (Å²) in [5.74, 6) is 0. The van der Waals surface area contributed by atoms with Gasteiger partial charge in [-0.1, -0.05) is 18.2 Å². The standard InChI is InChI=1S/C11H13N3O/c1-7-10(14-11(15)12-2)8-5-3-4-6-9(8)13-7/h3-6,13H,1-2H3,(H2,12,14,15). The molecule has 4 heteroatoms. The molecule has 1 aromatic carbocycles.